The minimum atomic E-state index is -0.190. The van der Waals surface area contributed by atoms with Crippen LogP contribution in [0, 0.1) is 18.7 Å². The molecule has 0 unspecified atom stereocenters. The second kappa shape index (κ2) is 12.4. The molecule has 1 aromatic rings. The van der Waals surface area contributed by atoms with E-state index < -0.39 is 0 Å². The summed E-state index contributed by atoms with van der Waals surface area (Å²) in [5.41, 5.74) is 2.12. The Labute approximate surface area is 196 Å². The number of nitrogens with one attached hydrogen (secondary N) is 2. The molecule has 0 aromatic heterocycles. The van der Waals surface area contributed by atoms with Crippen LogP contribution in [0.2, 0.25) is 0 Å². The molecule has 2 aliphatic rings. The molecule has 0 spiro atoms. The number of piperazine rings is 1. The van der Waals surface area contributed by atoms with Gasteiger partial charge in [-0.3, -0.25) is 14.7 Å². The van der Waals surface area contributed by atoms with Gasteiger partial charge in [-0.2, -0.15) is 0 Å². The van der Waals surface area contributed by atoms with Gasteiger partial charge in [-0.25, -0.2) is 4.39 Å². The predicted octanol–water partition coefficient (Wildman–Crippen LogP) is 2.40. The van der Waals surface area contributed by atoms with Crippen molar-refractivity contribution in [2.24, 2.45) is 10.9 Å². The van der Waals surface area contributed by atoms with E-state index in [4.69, 9.17) is 0 Å². The lowest BCUT2D eigenvalue weighted by Gasteiger charge is -2.38. The van der Waals surface area contributed by atoms with E-state index in [0.29, 0.717) is 11.8 Å². The molecule has 30 heavy (non-hydrogen) atoms. The van der Waals surface area contributed by atoms with Crippen LogP contribution in [0.25, 0.3) is 0 Å². The first-order valence-electron chi connectivity index (χ1n) is 10.8. The summed E-state index contributed by atoms with van der Waals surface area (Å²) in [4.78, 5) is 21.0. The van der Waals surface area contributed by atoms with Gasteiger partial charge < -0.3 is 15.5 Å². The third-order valence-corrected chi connectivity index (χ3v) is 6.07. The first kappa shape index (κ1) is 24.8. The predicted molar refractivity (Wildman–Crippen MR) is 130 cm³/mol. The summed E-state index contributed by atoms with van der Waals surface area (Å²) in [6, 6.07) is 4.93. The van der Waals surface area contributed by atoms with Gasteiger partial charge in [0.1, 0.15) is 5.82 Å². The summed E-state index contributed by atoms with van der Waals surface area (Å²) >= 11 is 0. The van der Waals surface area contributed by atoms with E-state index in [0.717, 1.165) is 82.2 Å². The van der Waals surface area contributed by atoms with Crippen LogP contribution in [-0.4, -0.2) is 74.5 Å². The third kappa shape index (κ3) is 7.08. The lowest BCUT2D eigenvalue weighted by atomic mass is 9.84. The van der Waals surface area contributed by atoms with Crippen molar-refractivity contribution in [3.05, 3.63) is 35.1 Å². The molecule has 1 heterocycles. The highest BCUT2D eigenvalue weighted by Crippen LogP contribution is 2.28. The van der Waals surface area contributed by atoms with Crippen LogP contribution in [0.3, 0.4) is 0 Å². The second-order valence-corrected chi connectivity index (χ2v) is 8.04. The Kier molecular flexibility index (Phi) is 10.3. The molecule has 0 bridgehead atoms. The number of halogens is 2. The lowest BCUT2D eigenvalue weighted by Crippen LogP contribution is -2.52. The molecule has 168 valence electrons. The molecule has 1 amide bonds. The van der Waals surface area contributed by atoms with Crippen molar-refractivity contribution in [2.45, 2.75) is 32.6 Å². The quantitative estimate of drug-likeness (QED) is 0.323. The van der Waals surface area contributed by atoms with Gasteiger partial charge in [-0.05, 0) is 49.4 Å². The normalized spacial score (nSPS) is 17.8. The van der Waals surface area contributed by atoms with Gasteiger partial charge in [-0.1, -0.05) is 12.5 Å². The minimum absolute atomic E-state index is 0. The number of aliphatic imine (C=N–C) groups is 1. The molecule has 1 aliphatic carbocycles. The van der Waals surface area contributed by atoms with Gasteiger partial charge in [0.2, 0.25) is 5.91 Å². The number of hydrogen-bond acceptors (Lipinski definition) is 3. The van der Waals surface area contributed by atoms with Gasteiger partial charge in [0.05, 0.1) is 0 Å². The van der Waals surface area contributed by atoms with Crippen LogP contribution < -0.4 is 10.6 Å². The van der Waals surface area contributed by atoms with E-state index >= 15 is 0 Å². The van der Waals surface area contributed by atoms with Crippen LogP contribution in [-0.2, 0) is 11.2 Å². The van der Waals surface area contributed by atoms with Crippen molar-refractivity contribution in [3.63, 3.8) is 0 Å². The molecule has 6 nitrogen and oxygen atoms in total. The summed E-state index contributed by atoms with van der Waals surface area (Å²) in [7, 11) is 1.77. The fraction of sp³-hybridized carbons (Fsp3) is 0.636. The topological polar surface area (TPSA) is 60.0 Å². The number of aryl methyl sites for hydroxylation is 1. The van der Waals surface area contributed by atoms with Crippen molar-refractivity contribution in [3.8, 4) is 0 Å². The summed E-state index contributed by atoms with van der Waals surface area (Å²) < 4.78 is 13.2. The SMILES string of the molecule is CN=C(NCCc1ccc(F)cc1C)NCCN1CCN(C(=O)C2CCC2)CC1.I. The average Bonchev–Trinajstić information content (AvgIpc) is 2.67. The number of nitrogens with zero attached hydrogens (tertiary/aromatic N) is 3. The Hall–Kier alpha value is -1.42. The molecule has 8 heteroatoms. The van der Waals surface area contributed by atoms with E-state index in [1.165, 1.54) is 12.5 Å². The standard InChI is InChI=1S/C22H34FN5O.HI/c1-17-16-20(23)7-6-18(17)8-9-25-22(24-2)26-10-11-27-12-14-28(15-13-27)21(29)19-4-3-5-19;/h6-7,16,19H,3-5,8-15H2,1-2H3,(H2,24,25,26);1H. The molecule has 1 aliphatic heterocycles. The highest BCUT2D eigenvalue weighted by atomic mass is 127. The zero-order valence-electron chi connectivity index (χ0n) is 18.1. The van der Waals surface area contributed by atoms with Crippen molar-refractivity contribution in [2.75, 3.05) is 52.9 Å². The molecule has 0 radical (unpaired) electrons. The number of hydrogen-bond donors (Lipinski definition) is 2. The van der Waals surface area contributed by atoms with E-state index in [9.17, 15) is 9.18 Å². The largest absolute Gasteiger partial charge is 0.356 e. The van der Waals surface area contributed by atoms with E-state index in [-0.39, 0.29) is 29.8 Å². The second-order valence-electron chi connectivity index (χ2n) is 8.04. The summed E-state index contributed by atoms with van der Waals surface area (Å²) in [5, 5.41) is 6.67. The maximum atomic E-state index is 13.2. The molecule has 2 fully saturated rings. The highest BCUT2D eigenvalue weighted by molar-refractivity contribution is 14.0. The number of carbonyl (C=O) groups is 1. The van der Waals surface area contributed by atoms with Crippen molar-refractivity contribution >= 4 is 35.8 Å². The van der Waals surface area contributed by atoms with Crippen LogP contribution in [0.5, 0.6) is 0 Å². The van der Waals surface area contributed by atoms with Gasteiger partial charge in [0.25, 0.3) is 0 Å². The van der Waals surface area contributed by atoms with Crippen molar-refractivity contribution in [1.29, 1.82) is 0 Å². The van der Waals surface area contributed by atoms with E-state index in [1.54, 1.807) is 13.1 Å². The number of amides is 1. The zero-order chi connectivity index (χ0) is 20.6. The van der Waals surface area contributed by atoms with E-state index in [2.05, 4.69) is 20.5 Å². The van der Waals surface area contributed by atoms with Crippen molar-refractivity contribution in [1.82, 2.24) is 20.4 Å². The fourth-order valence-corrected chi connectivity index (χ4v) is 3.91. The monoisotopic (exact) mass is 531 g/mol. The third-order valence-electron chi connectivity index (χ3n) is 6.07. The average molecular weight is 531 g/mol. The maximum Gasteiger partial charge on any atom is 0.225 e. The first-order valence-corrected chi connectivity index (χ1v) is 10.8. The Balaban J connectivity index is 0.00000320. The zero-order valence-corrected chi connectivity index (χ0v) is 20.5. The molecular formula is C22H35FIN5O. The van der Waals surface area contributed by atoms with E-state index in [1.807, 2.05) is 17.9 Å². The van der Waals surface area contributed by atoms with Gasteiger partial charge in [0.15, 0.2) is 5.96 Å². The Morgan fingerprint density at radius 2 is 1.87 bits per heavy atom. The van der Waals surface area contributed by atoms with Crippen LogP contribution in [0.4, 0.5) is 4.39 Å². The molecular weight excluding hydrogens is 496 g/mol. The molecule has 1 saturated carbocycles. The molecule has 1 aromatic carbocycles. The van der Waals surface area contributed by atoms with Crippen LogP contribution >= 0.6 is 24.0 Å². The number of rotatable bonds is 7. The highest BCUT2D eigenvalue weighted by Gasteiger charge is 2.30. The van der Waals surface area contributed by atoms with Gasteiger partial charge >= 0.3 is 0 Å². The van der Waals surface area contributed by atoms with Gasteiger partial charge in [0, 0.05) is 58.8 Å². The molecule has 0 atom stereocenters. The maximum absolute atomic E-state index is 13.2. The number of guanidine groups is 1. The Morgan fingerprint density at radius 1 is 1.17 bits per heavy atom. The fourth-order valence-electron chi connectivity index (χ4n) is 3.91. The molecule has 2 N–H and O–H groups in total. The Bertz CT molecular complexity index is 717. The smallest absolute Gasteiger partial charge is 0.225 e. The molecule has 3 rings (SSSR count). The first-order chi connectivity index (χ1) is 14.1. The summed E-state index contributed by atoms with van der Waals surface area (Å²) in [6.07, 6.45) is 4.19. The minimum Gasteiger partial charge on any atom is -0.356 e. The summed E-state index contributed by atoms with van der Waals surface area (Å²) in [6.45, 7) is 8.00. The van der Waals surface area contributed by atoms with Crippen molar-refractivity contribution < 1.29 is 9.18 Å². The number of carbonyl (C=O) groups excluding carboxylic acids is 1. The van der Waals surface area contributed by atoms with Gasteiger partial charge in [-0.15, -0.1) is 24.0 Å². The Morgan fingerprint density at radius 3 is 2.47 bits per heavy atom. The number of benzene rings is 1. The summed E-state index contributed by atoms with van der Waals surface area (Å²) in [5.74, 6) is 1.26. The van der Waals surface area contributed by atoms with Crippen LogP contribution in [0.1, 0.15) is 30.4 Å². The lowest BCUT2D eigenvalue weighted by molar-refractivity contribution is -0.139. The molecule has 1 saturated heterocycles. The van der Waals surface area contributed by atoms with Crippen LogP contribution in [0.15, 0.2) is 23.2 Å².